The first-order valence-corrected chi connectivity index (χ1v) is 7.53. The Kier molecular flexibility index (Phi) is 6.68. The third kappa shape index (κ3) is 8.34. The Balaban J connectivity index is 2.19. The molecule has 2 amide bonds. The van der Waals surface area contributed by atoms with Crippen LogP contribution in [0.2, 0.25) is 0 Å². The number of amides is 2. The average Bonchev–Trinajstić information content (AvgIpc) is 2.37. The summed E-state index contributed by atoms with van der Waals surface area (Å²) in [5.41, 5.74) is 0.570. The summed E-state index contributed by atoms with van der Waals surface area (Å²) in [6.45, 7) is 5.74. The third-order valence-corrected chi connectivity index (χ3v) is 2.97. The first kappa shape index (κ1) is 17.5. The Hall–Kier alpha value is -1.56. The molecule has 0 aromatic heterocycles. The predicted octanol–water partition coefficient (Wildman–Crippen LogP) is 2.63. The molecule has 21 heavy (non-hydrogen) atoms. The summed E-state index contributed by atoms with van der Waals surface area (Å²) in [4.78, 5) is 22.9. The van der Waals surface area contributed by atoms with Crippen molar-refractivity contribution in [3.05, 3.63) is 34.3 Å². The molecule has 0 aliphatic carbocycles. The van der Waals surface area contributed by atoms with Crippen LogP contribution in [0, 0.1) is 0 Å². The molecular formula is C15H21BrN2O3. The van der Waals surface area contributed by atoms with Gasteiger partial charge in [0, 0.05) is 11.0 Å². The SMILES string of the molecule is CC(C)(C)OC(=O)NCC(=O)NCCc1ccc(Br)cc1. The van der Waals surface area contributed by atoms with Gasteiger partial charge in [-0.25, -0.2) is 4.79 Å². The topological polar surface area (TPSA) is 67.4 Å². The molecular weight excluding hydrogens is 336 g/mol. The van der Waals surface area contributed by atoms with Crippen LogP contribution >= 0.6 is 15.9 Å². The van der Waals surface area contributed by atoms with Crippen molar-refractivity contribution < 1.29 is 14.3 Å². The van der Waals surface area contributed by atoms with E-state index in [0.29, 0.717) is 6.54 Å². The smallest absolute Gasteiger partial charge is 0.408 e. The second kappa shape index (κ2) is 8.02. The van der Waals surface area contributed by atoms with Gasteiger partial charge in [-0.3, -0.25) is 4.79 Å². The van der Waals surface area contributed by atoms with Crippen LogP contribution in [0.25, 0.3) is 0 Å². The highest BCUT2D eigenvalue weighted by atomic mass is 79.9. The maximum atomic E-state index is 11.6. The number of hydrogen-bond donors (Lipinski definition) is 2. The van der Waals surface area contributed by atoms with Gasteiger partial charge in [0.15, 0.2) is 0 Å². The molecule has 0 spiro atoms. The van der Waals surface area contributed by atoms with Crippen LogP contribution in [0.3, 0.4) is 0 Å². The first-order valence-electron chi connectivity index (χ1n) is 6.74. The number of nitrogens with one attached hydrogen (secondary N) is 2. The third-order valence-electron chi connectivity index (χ3n) is 2.44. The summed E-state index contributed by atoms with van der Waals surface area (Å²) in [5.74, 6) is -0.238. The normalized spacial score (nSPS) is 10.9. The monoisotopic (exact) mass is 356 g/mol. The molecule has 0 unspecified atom stereocenters. The van der Waals surface area contributed by atoms with Gasteiger partial charge >= 0.3 is 6.09 Å². The zero-order valence-electron chi connectivity index (χ0n) is 12.5. The second-order valence-corrected chi connectivity index (χ2v) is 6.50. The second-order valence-electron chi connectivity index (χ2n) is 5.58. The number of carbonyl (C=O) groups excluding carboxylic acids is 2. The van der Waals surface area contributed by atoms with Gasteiger partial charge in [-0.05, 0) is 44.9 Å². The molecule has 0 fully saturated rings. The van der Waals surface area contributed by atoms with Crippen molar-refractivity contribution in [2.45, 2.75) is 32.8 Å². The Labute approximate surface area is 133 Å². The molecule has 0 saturated carbocycles. The van der Waals surface area contributed by atoms with E-state index in [4.69, 9.17) is 4.74 Å². The summed E-state index contributed by atoms with van der Waals surface area (Å²) in [5, 5.41) is 5.16. The zero-order chi connectivity index (χ0) is 15.9. The van der Waals surface area contributed by atoms with Crippen molar-refractivity contribution in [2.24, 2.45) is 0 Å². The standard InChI is InChI=1S/C15H21BrN2O3/c1-15(2,3)21-14(20)18-10-13(19)17-9-8-11-4-6-12(16)7-5-11/h4-7H,8-10H2,1-3H3,(H,17,19)(H,18,20). The van der Waals surface area contributed by atoms with Gasteiger partial charge in [0.2, 0.25) is 5.91 Å². The Bertz CT molecular complexity index is 481. The molecule has 0 aliphatic rings. The molecule has 0 atom stereocenters. The summed E-state index contributed by atoms with van der Waals surface area (Å²) < 4.78 is 6.06. The van der Waals surface area contributed by atoms with Crippen molar-refractivity contribution in [2.75, 3.05) is 13.1 Å². The van der Waals surface area contributed by atoms with Crippen LogP contribution in [0.5, 0.6) is 0 Å². The van der Waals surface area contributed by atoms with Gasteiger partial charge in [0.1, 0.15) is 5.60 Å². The van der Waals surface area contributed by atoms with E-state index in [0.717, 1.165) is 16.5 Å². The van der Waals surface area contributed by atoms with Crippen LogP contribution < -0.4 is 10.6 Å². The zero-order valence-corrected chi connectivity index (χ0v) is 14.1. The molecule has 6 heteroatoms. The van der Waals surface area contributed by atoms with Crippen LogP contribution in [-0.4, -0.2) is 30.7 Å². The van der Waals surface area contributed by atoms with Crippen LogP contribution in [-0.2, 0) is 16.0 Å². The van der Waals surface area contributed by atoms with Gasteiger partial charge in [-0.15, -0.1) is 0 Å². The van der Waals surface area contributed by atoms with Crippen molar-refractivity contribution in [3.8, 4) is 0 Å². The lowest BCUT2D eigenvalue weighted by atomic mass is 10.1. The fourth-order valence-corrected chi connectivity index (χ4v) is 1.79. The lowest BCUT2D eigenvalue weighted by Gasteiger charge is -2.19. The van der Waals surface area contributed by atoms with Crippen molar-refractivity contribution in [1.82, 2.24) is 10.6 Å². The number of alkyl carbamates (subject to hydrolysis) is 1. The maximum absolute atomic E-state index is 11.6. The average molecular weight is 357 g/mol. The summed E-state index contributed by atoms with van der Waals surface area (Å²) in [6, 6.07) is 7.91. The van der Waals surface area contributed by atoms with E-state index in [1.54, 1.807) is 20.8 Å². The van der Waals surface area contributed by atoms with E-state index in [2.05, 4.69) is 26.6 Å². The van der Waals surface area contributed by atoms with Gasteiger partial charge in [-0.2, -0.15) is 0 Å². The Morgan fingerprint density at radius 2 is 1.76 bits per heavy atom. The molecule has 1 aromatic carbocycles. The fourth-order valence-electron chi connectivity index (χ4n) is 1.53. The van der Waals surface area contributed by atoms with Crippen LogP contribution in [0.15, 0.2) is 28.7 Å². The van der Waals surface area contributed by atoms with Crippen molar-refractivity contribution >= 4 is 27.9 Å². The minimum absolute atomic E-state index is 0.0880. The Morgan fingerprint density at radius 3 is 2.33 bits per heavy atom. The predicted molar refractivity (Wildman–Crippen MR) is 85.1 cm³/mol. The van der Waals surface area contributed by atoms with Gasteiger partial charge in [-0.1, -0.05) is 28.1 Å². The Morgan fingerprint density at radius 1 is 1.14 bits per heavy atom. The molecule has 116 valence electrons. The summed E-state index contributed by atoms with van der Waals surface area (Å²) in [6.07, 6.45) is 0.149. The number of hydrogen-bond acceptors (Lipinski definition) is 3. The minimum Gasteiger partial charge on any atom is -0.444 e. The molecule has 1 rings (SSSR count). The van der Waals surface area contributed by atoms with E-state index < -0.39 is 11.7 Å². The molecule has 2 N–H and O–H groups in total. The number of halogens is 1. The lowest BCUT2D eigenvalue weighted by Crippen LogP contribution is -2.40. The molecule has 1 aromatic rings. The summed E-state index contributed by atoms with van der Waals surface area (Å²) >= 11 is 3.37. The molecule has 0 bridgehead atoms. The van der Waals surface area contributed by atoms with Gasteiger partial charge in [0.05, 0.1) is 6.54 Å². The van der Waals surface area contributed by atoms with Crippen LogP contribution in [0.4, 0.5) is 4.79 Å². The largest absolute Gasteiger partial charge is 0.444 e. The quantitative estimate of drug-likeness (QED) is 0.851. The molecule has 0 radical (unpaired) electrons. The van der Waals surface area contributed by atoms with E-state index in [-0.39, 0.29) is 12.5 Å². The van der Waals surface area contributed by atoms with E-state index in [1.807, 2.05) is 24.3 Å². The number of ether oxygens (including phenoxy) is 1. The van der Waals surface area contributed by atoms with Crippen molar-refractivity contribution in [1.29, 1.82) is 0 Å². The highest BCUT2D eigenvalue weighted by Crippen LogP contribution is 2.10. The fraction of sp³-hybridized carbons (Fsp3) is 0.467. The van der Waals surface area contributed by atoms with E-state index in [1.165, 1.54) is 0 Å². The number of benzene rings is 1. The molecule has 0 heterocycles. The number of carbonyl (C=O) groups is 2. The van der Waals surface area contributed by atoms with Crippen LogP contribution in [0.1, 0.15) is 26.3 Å². The number of rotatable bonds is 5. The van der Waals surface area contributed by atoms with Crippen molar-refractivity contribution in [3.63, 3.8) is 0 Å². The first-order chi connectivity index (χ1) is 9.76. The molecule has 5 nitrogen and oxygen atoms in total. The lowest BCUT2D eigenvalue weighted by molar-refractivity contribution is -0.120. The van der Waals surface area contributed by atoms with Gasteiger partial charge in [0.25, 0.3) is 0 Å². The highest BCUT2D eigenvalue weighted by Gasteiger charge is 2.16. The highest BCUT2D eigenvalue weighted by molar-refractivity contribution is 9.10. The molecule has 0 saturated heterocycles. The minimum atomic E-state index is -0.592. The molecule has 0 aliphatic heterocycles. The maximum Gasteiger partial charge on any atom is 0.408 e. The van der Waals surface area contributed by atoms with Gasteiger partial charge < -0.3 is 15.4 Å². The van der Waals surface area contributed by atoms with E-state index in [9.17, 15) is 9.59 Å². The van der Waals surface area contributed by atoms with E-state index >= 15 is 0 Å². The summed E-state index contributed by atoms with van der Waals surface area (Å²) in [7, 11) is 0.